The molecule has 2 rings (SSSR count). The fourth-order valence-corrected chi connectivity index (χ4v) is 2.28. The SMILES string of the molecule is CCC(CN)Cc1nc2ccccc2n1CCO. The van der Waals surface area contributed by atoms with Gasteiger partial charge in [-0.1, -0.05) is 25.5 Å². The maximum atomic E-state index is 9.20. The number of rotatable bonds is 6. The summed E-state index contributed by atoms with van der Waals surface area (Å²) in [5.74, 6) is 1.49. The third kappa shape index (κ3) is 2.54. The molecule has 0 radical (unpaired) electrons. The number of nitrogens with two attached hydrogens (primary N) is 1. The van der Waals surface area contributed by atoms with Crippen LogP contribution in [0.4, 0.5) is 0 Å². The molecule has 1 aromatic carbocycles. The van der Waals surface area contributed by atoms with Crippen molar-refractivity contribution in [3.8, 4) is 0 Å². The molecule has 0 aliphatic rings. The maximum absolute atomic E-state index is 9.20. The lowest BCUT2D eigenvalue weighted by atomic mass is 10.0. The first-order valence-corrected chi connectivity index (χ1v) is 6.55. The van der Waals surface area contributed by atoms with Gasteiger partial charge in [0, 0.05) is 13.0 Å². The molecule has 1 heterocycles. The van der Waals surface area contributed by atoms with E-state index in [0.29, 0.717) is 19.0 Å². The molecule has 0 amide bonds. The van der Waals surface area contributed by atoms with Crippen molar-refractivity contribution in [1.82, 2.24) is 9.55 Å². The van der Waals surface area contributed by atoms with Crippen LogP contribution in [0, 0.1) is 5.92 Å². The van der Waals surface area contributed by atoms with Gasteiger partial charge in [-0.15, -0.1) is 0 Å². The summed E-state index contributed by atoms with van der Waals surface area (Å²) >= 11 is 0. The van der Waals surface area contributed by atoms with Crippen LogP contribution in [0.1, 0.15) is 19.2 Å². The van der Waals surface area contributed by atoms with Gasteiger partial charge in [-0.25, -0.2) is 4.98 Å². The summed E-state index contributed by atoms with van der Waals surface area (Å²) in [7, 11) is 0. The van der Waals surface area contributed by atoms with E-state index in [1.807, 2.05) is 24.3 Å². The Morgan fingerprint density at radius 2 is 2.17 bits per heavy atom. The Morgan fingerprint density at radius 1 is 1.39 bits per heavy atom. The zero-order chi connectivity index (χ0) is 13.0. The second-order valence-corrected chi connectivity index (χ2v) is 4.61. The van der Waals surface area contributed by atoms with E-state index in [1.54, 1.807) is 0 Å². The van der Waals surface area contributed by atoms with E-state index in [4.69, 9.17) is 5.73 Å². The van der Waals surface area contributed by atoms with Crippen molar-refractivity contribution >= 4 is 11.0 Å². The van der Waals surface area contributed by atoms with Gasteiger partial charge >= 0.3 is 0 Å². The van der Waals surface area contributed by atoms with Crippen LogP contribution in [0.25, 0.3) is 11.0 Å². The van der Waals surface area contributed by atoms with Crippen LogP contribution in [0.3, 0.4) is 0 Å². The van der Waals surface area contributed by atoms with Gasteiger partial charge in [0.1, 0.15) is 5.82 Å². The van der Waals surface area contributed by atoms with E-state index in [2.05, 4.69) is 16.5 Å². The number of benzene rings is 1. The smallest absolute Gasteiger partial charge is 0.110 e. The number of hydrogen-bond acceptors (Lipinski definition) is 3. The molecule has 0 bridgehead atoms. The Kier molecular flexibility index (Phi) is 4.33. The highest BCUT2D eigenvalue weighted by Crippen LogP contribution is 2.19. The average Bonchev–Trinajstić information content (AvgIpc) is 2.75. The molecule has 98 valence electrons. The van der Waals surface area contributed by atoms with Gasteiger partial charge in [0.15, 0.2) is 0 Å². The van der Waals surface area contributed by atoms with Crippen molar-refractivity contribution in [3.05, 3.63) is 30.1 Å². The fourth-order valence-electron chi connectivity index (χ4n) is 2.28. The first kappa shape index (κ1) is 13.1. The third-order valence-corrected chi connectivity index (χ3v) is 3.44. The number of nitrogens with zero attached hydrogens (tertiary/aromatic N) is 2. The molecule has 4 heteroatoms. The van der Waals surface area contributed by atoms with E-state index in [-0.39, 0.29) is 6.61 Å². The first-order valence-electron chi connectivity index (χ1n) is 6.55. The number of para-hydroxylation sites is 2. The van der Waals surface area contributed by atoms with Crippen LogP contribution in [-0.4, -0.2) is 27.8 Å². The average molecular weight is 247 g/mol. The summed E-state index contributed by atoms with van der Waals surface area (Å²) < 4.78 is 2.10. The van der Waals surface area contributed by atoms with Gasteiger partial charge in [0.25, 0.3) is 0 Å². The highest BCUT2D eigenvalue weighted by Gasteiger charge is 2.13. The molecular formula is C14H21N3O. The monoisotopic (exact) mass is 247 g/mol. The van der Waals surface area contributed by atoms with Crippen LogP contribution >= 0.6 is 0 Å². The summed E-state index contributed by atoms with van der Waals surface area (Å²) in [5, 5.41) is 9.20. The number of aliphatic hydroxyl groups excluding tert-OH is 1. The van der Waals surface area contributed by atoms with Crippen LogP contribution < -0.4 is 5.73 Å². The van der Waals surface area contributed by atoms with Gasteiger partial charge in [0.05, 0.1) is 17.6 Å². The lowest BCUT2D eigenvalue weighted by molar-refractivity contribution is 0.275. The van der Waals surface area contributed by atoms with Gasteiger partial charge < -0.3 is 15.4 Å². The third-order valence-electron chi connectivity index (χ3n) is 3.44. The minimum Gasteiger partial charge on any atom is -0.395 e. The van der Waals surface area contributed by atoms with Crippen molar-refractivity contribution in [2.24, 2.45) is 11.7 Å². The number of hydrogen-bond donors (Lipinski definition) is 2. The van der Waals surface area contributed by atoms with Gasteiger partial charge in [0.2, 0.25) is 0 Å². The maximum Gasteiger partial charge on any atom is 0.110 e. The number of fused-ring (bicyclic) bond motifs is 1. The molecule has 4 nitrogen and oxygen atoms in total. The summed E-state index contributed by atoms with van der Waals surface area (Å²) in [6.45, 7) is 3.55. The number of aliphatic hydroxyl groups is 1. The topological polar surface area (TPSA) is 64.1 Å². The molecule has 3 N–H and O–H groups in total. The fraction of sp³-hybridized carbons (Fsp3) is 0.500. The largest absolute Gasteiger partial charge is 0.395 e. The van der Waals surface area contributed by atoms with Crippen molar-refractivity contribution in [2.45, 2.75) is 26.3 Å². The zero-order valence-corrected chi connectivity index (χ0v) is 10.8. The van der Waals surface area contributed by atoms with Gasteiger partial charge in [-0.3, -0.25) is 0 Å². The molecule has 0 aliphatic heterocycles. The molecule has 1 aromatic heterocycles. The molecule has 1 atom stereocenters. The molecule has 1 unspecified atom stereocenters. The zero-order valence-electron chi connectivity index (χ0n) is 10.8. The minimum atomic E-state index is 0.132. The lowest BCUT2D eigenvalue weighted by Crippen LogP contribution is -2.19. The summed E-state index contributed by atoms with van der Waals surface area (Å²) in [4.78, 5) is 4.66. The van der Waals surface area contributed by atoms with Crippen molar-refractivity contribution in [2.75, 3.05) is 13.2 Å². The lowest BCUT2D eigenvalue weighted by Gasteiger charge is -2.13. The van der Waals surface area contributed by atoms with E-state index < -0.39 is 0 Å². The standard InChI is InChI=1S/C14H21N3O/c1-2-11(10-15)9-14-16-12-5-3-4-6-13(12)17(14)7-8-18/h3-6,11,18H,2,7-10,15H2,1H3. The quantitative estimate of drug-likeness (QED) is 0.814. The summed E-state index contributed by atoms with van der Waals surface area (Å²) in [6.07, 6.45) is 1.93. The molecule has 0 saturated heterocycles. The predicted molar refractivity (Wildman–Crippen MR) is 73.4 cm³/mol. The van der Waals surface area contributed by atoms with Crippen LogP contribution in [0.5, 0.6) is 0 Å². The second-order valence-electron chi connectivity index (χ2n) is 4.61. The molecule has 0 saturated carbocycles. The normalized spacial score (nSPS) is 13.1. The van der Waals surface area contributed by atoms with E-state index >= 15 is 0 Å². The molecule has 2 aromatic rings. The molecular weight excluding hydrogens is 226 g/mol. The van der Waals surface area contributed by atoms with E-state index in [0.717, 1.165) is 29.7 Å². The first-order chi connectivity index (χ1) is 8.80. The van der Waals surface area contributed by atoms with Crippen LogP contribution in [-0.2, 0) is 13.0 Å². The highest BCUT2D eigenvalue weighted by molar-refractivity contribution is 5.75. The Bertz CT molecular complexity index is 503. The van der Waals surface area contributed by atoms with Crippen LogP contribution in [0.2, 0.25) is 0 Å². The highest BCUT2D eigenvalue weighted by atomic mass is 16.3. The van der Waals surface area contributed by atoms with Crippen molar-refractivity contribution in [1.29, 1.82) is 0 Å². The minimum absolute atomic E-state index is 0.132. The van der Waals surface area contributed by atoms with Crippen molar-refractivity contribution in [3.63, 3.8) is 0 Å². The molecule has 0 fully saturated rings. The number of imidazole rings is 1. The summed E-state index contributed by atoms with van der Waals surface area (Å²) in [6, 6.07) is 8.05. The van der Waals surface area contributed by atoms with E-state index in [1.165, 1.54) is 0 Å². The van der Waals surface area contributed by atoms with Crippen LogP contribution in [0.15, 0.2) is 24.3 Å². The number of aromatic nitrogens is 2. The molecule has 18 heavy (non-hydrogen) atoms. The Hall–Kier alpha value is -1.39. The Morgan fingerprint density at radius 3 is 2.83 bits per heavy atom. The predicted octanol–water partition coefficient (Wildman–Crippen LogP) is 1.56. The molecule has 0 spiro atoms. The van der Waals surface area contributed by atoms with E-state index in [9.17, 15) is 5.11 Å². The Balaban J connectivity index is 2.38. The van der Waals surface area contributed by atoms with Crippen molar-refractivity contribution < 1.29 is 5.11 Å². The summed E-state index contributed by atoms with van der Waals surface area (Å²) in [5.41, 5.74) is 7.85. The van der Waals surface area contributed by atoms with Gasteiger partial charge in [-0.05, 0) is 24.6 Å². The van der Waals surface area contributed by atoms with Gasteiger partial charge in [-0.2, -0.15) is 0 Å². The molecule has 0 aliphatic carbocycles. The second kappa shape index (κ2) is 5.98. The Labute approximate surface area is 107 Å².